The fourth-order valence-corrected chi connectivity index (χ4v) is 3.33. The molecule has 0 saturated carbocycles. The second kappa shape index (κ2) is 7.39. The summed E-state index contributed by atoms with van der Waals surface area (Å²) < 4.78 is 61.6. The average Bonchev–Trinajstić information content (AvgIpc) is 3.07. The molecular weight excluding hydrogens is 382 g/mol. The van der Waals surface area contributed by atoms with Crippen LogP contribution >= 0.6 is 0 Å². The zero-order valence-corrected chi connectivity index (χ0v) is 15.1. The highest BCUT2D eigenvalue weighted by Crippen LogP contribution is 2.32. The lowest BCUT2D eigenvalue weighted by molar-refractivity contribution is -0.119. The van der Waals surface area contributed by atoms with Crippen LogP contribution in [-0.2, 0) is 21.4 Å². The largest absolute Gasteiger partial charge is 0.454 e. The zero-order valence-electron chi connectivity index (χ0n) is 14.2. The Morgan fingerprint density at radius 2 is 1.85 bits per heavy atom. The molecule has 1 heterocycles. The van der Waals surface area contributed by atoms with Gasteiger partial charge in [0.25, 0.3) is 0 Å². The number of rotatable bonds is 6. The van der Waals surface area contributed by atoms with Crippen molar-refractivity contribution in [1.82, 2.24) is 5.32 Å². The van der Waals surface area contributed by atoms with Gasteiger partial charge >= 0.3 is 0 Å². The Balaban J connectivity index is 1.68. The third kappa shape index (κ3) is 4.45. The molecule has 7 nitrogen and oxygen atoms in total. The fraction of sp³-hybridized carbons (Fsp3) is 0.235. The summed E-state index contributed by atoms with van der Waals surface area (Å²) in [5.74, 6) is -1.77. The van der Waals surface area contributed by atoms with Crippen molar-refractivity contribution in [3.63, 3.8) is 0 Å². The van der Waals surface area contributed by atoms with Crippen LogP contribution in [0.4, 0.5) is 14.5 Å². The number of nitrogens with one attached hydrogen (secondary N) is 1. The van der Waals surface area contributed by atoms with Crippen molar-refractivity contribution in [3.05, 3.63) is 53.6 Å². The zero-order chi connectivity index (χ0) is 19.6. The number of anilines is 1. The van der Waals surface area contributed by atoms with E-state index in [9.17, 15) is 22.0 Å². The van der Waals surface area contributed by atoms with Gasteiger partial charge in [-0.25, -0.2) is 17.2 Å². The number of hydrogen-bond acceptors (Lipinski definition) is 5. The van der Waals surface area contributed by atoms with Crippen molar-refractivity contribution in [2.24, 2.45) is 0 Å². The SMILES string of the molecule is CS(=O)(=O)N(CC(=O)NCc1ccc2c(c1)OCO2)c1ccc(F)c(F)c1. The van der Waals surface area contributed by atoms with E-state index < -0.39 is 34.1 Å². The van der Waals surface area contributed by atoms with Crippen LogP contribution in [0, 0.1) is 11.6 Å². The van der Waals surface area contributed by atoms with Gasteiger partial charge in [0.2, 0.25) is 22.7 Å². The number of amides is 1. The van der Waals surface area contributed by atoms with E-state index in [1.54, 1.807) is 18.2 Å². The van der Waals surface area contributed by atoms with Crippen LogP contribution in [0.15, 0.2) is 36.4 Å². The molecule has 1 N–H and O–H groups in total. The van der Waals surface area contributed by atoms with Gasteiger partial charge in [0.15, 0.2) is 23.1 Å². The summed E-state index contributed by atoms with van der Waals surface area (Å²) in [4.78, 5) is 12.2. The number of ether oxygens (including phenoxy) is 2. The molecule has 144 valence electrons. The Morgan fingerprint density at radius 3 is 2.56 bits per heavy atom. The number of halogens is 2. The molecule has 0 atom stereocenters. The van der Waals surface area contributed by atoms with E-state index in [2.05, 4.69) is 5.32 Å². The Labute approximate surface area is 154 Å². The first kappa shape index (κ1) is 18.9. The van der Waals surface area contributed by atoms with E-state index in [1.807, 2.05) is 0 Å². The molecule has 0 spiro atoms. The summed E-state index contributed by atoms with van der Waals surface area (Å²) >= 11 is 0. The van der Waals surface area contributed by atoms with Crippen LogP contribution < -0.4 is 19.1 Å². The first-order valence-electron chi connectivity index (χ1n) is 7.82. The Morgan fingerprint density at radius 1 is 1.11 bits per heavy atom. The summed E-state index contributed by atoms with van der Waals surface area (Å²) in [6.45, 7) is -0.317. The summed E-state index contributed by atoms with van der Waals surface area (Å²) in [5, 5.41) is 2.58. The minimum atomic E-state index is -3.89. The van der Waals surface area contributed by atoms with E-state index >= 15 is 0 Å². The third-order valence-corrected chi connectivity index (χ3v) is 4.95. The number of carbonyl (C=O) groups excluding carboxylic acids is 1. The number of benzene rings is 2. The summed E-state index contributed by atoms with van der Waals surface area (Å²) in [6, 6.07) is 7.75. The van der Waals surface area contributed by atoms with Crippen molar-refractivity contribution in [2.45, 2.75) is 6.54 Å². The topological polar surface area (TPSA) is 84.9 Å². The minimum absolute atomic E-state index is 0.128. The van der Waals surface area contributed by atoms with Gasteiger partial charge in [0.05, 0.1) is 11.9 Å². The lowest BCUT2D eigenvalue weighted by Gasteiger charge is -2.22. The molecule has 0 unspecified atom stereocenters. The molecule has 3 rings (SSSR count). The van der Waals surface area contributed by atoms with Crippen LogP contribution in [0.3, 0.4) is 0 Å². The molecule has 1 amide bonds. The third-order valence-electron chi connectivity index (χ3n) is 3.81. The molecular formula is C17H16F2N2O5S. The first-order chi connectivity index (χ1) is 12.7. The van der Waals surface area contributed by atoms with E-state index in [1.165, 1.54) is 0 Å². The molecule has 2 aromatic carbocycles. The predicted molar refractivity (Wildman–Crippen MR) is 93.0 cm³/mol. The molecule has 0 fully saturated rings. The maximum atomic E-state index is 13.4. The number of sulfonamides is 1. The summed E-state index contributed by atoms with van der Waals surface area (Å²) in [5.41, 5.74) is 0.584. The lowest BCUT2D eigenvalue weighted by Crippen LogP contribution is -2.40. The number of nitrogens with zero attached hydrogens (tertiary/aromatic N) is 1. The molecule has 0 bridgehead atoms. The van der Waals surface area contributed by atoms with E-state index in [0.29, 0.717) is 15.8 Å². The maximum absolute atomic E-state index is 13.4. The number of fused-ring (bicyclic) bond motifs is 1. The smallest absolute Gasteiger partial charge is 0.241 e. The molecule has 0 aliphatic carbocycles. The average molecular weight is 398 g/mol. The highest BCUT2D eigenvalue weighted by atomic mass is 32.2. The molecule has 0 saturated heterocycles. The van der Waals surface area contributed by atoms with Gasteiger partial charge in [-0.15, -0.1) is 0 Å². The van der Waals surface area contributed by atoms with Crippen molar-refractivity contribution >= 4 is 21.6 Å². The normalized spacial score (nSPS) is 12.7. The van der Waals surface area contributed by atoms with Crippen molar-refractivity contribution < 1.29 is 31.5 Å². The predicted octanol–water partition coefficient (Wildman–Crippen LogP) is 1.78. The van der Waals surface area contributed by atoms with E-state index in [4.69, 9.17) is 9.47 Å². The monoisotopic (exact) mass is 398 g/mol. The van der Waals surface area contributed by atoms with Gasteiger partial charge in [-0.1, -0.05) is 6.07 Å². The Bertz CT molecular complexity index is 981. The van der Waals surface area contributed by atoms with Gasteiger partial charge in [0.1, 0.15) is 6.54 Å². The van der Waals surface area contributed by atoms with Crippen LogP contribution in [-0.4, -0.2) is 33.9 Å². The Hall–Kier alpha value is -2.88. The highest BCUT2D eigenvalue weighted by molar-refractivity contribution is 7.92. The molecule has 0 aromatic heterocycles. The molecule has 0 radical (unpaired) electrons. The summed E-state index contributed by atoms with van der Waals surface area (Å²) in [7, 11) is -3.89. The second-order valence-corrected chi connectivity index (χ2v) is 7.74. The maximum Gasteiger partial charge on any atom is 0.241 e. The van der Waals surface area contributed by atoms with Crippen molar-refractivity contribution in [2.75, 3.05) is 23.9 Å². The molecule has 2 aromatic rings. The van der Waals surface area contributed by atoms with Crippen LogP contribution in [0.25, 0.3) is 0 Å². The number of carbonyl (C=O) groups is 1. The van der Waals surface area contributed by atoms with Gasteiger partial charge < -0.3 is 14.8 Å². The molecule has 1 aliphatic rings. The van der Waals surface area contributed by atoms with Crippen molar-refractivity contribution in [1.29, 1.82) is 0 Å². The van der Waals surface area contributed by atoms with Gasteiger partial charge in [-0.2, -0.15) is 0 Å². The van der Waals surface area contributed by atoms with Crippen molar-refractivity contribution in [3.8, 4) is 11.5 Å². The highest BCUT2D eigenvalue weighted by Gasteiger charge is 2.22. The van der Waals surface area contributed by atoms with Gasteiger partial charge in [0, 0.05) is 12.6 Å². The molecule has 27 heavy (non-hydrogen) atoms. The number of hydrogen-bond donors (Lipinski definition) is 1. The van der Waals surface area contributed by atoms with Gasteiger partial charge in [-0.05, 0) is 29.8 Å². The second-order valence-electron chi connectivity index (χ2n) is 5.83. The van der Waals surface area contributed by atoms with Gasteiger partial charge in [-0.3, -0.25) is 9.10 Å². The Kier molecular flexibility index (Phi) is 5.17. The quantitative estimate of drug-likeness (QED) is 0.802. The van der Waals surface area contributed by atoms with E-state index in [-0.39, 0.29) is 19.0 Å². The summed E-state index contributed by atoms with van der Waals surface area (Å²) in [6.07, 6.45) is 0.874. The lowest BCUT2D eigenvalue weighted by atomic mass is 10.2. The molecule has 1 aliphatic heterocycles. The van der Waals surface area contributed by atoms with Crippen LogP contribution in [0.2, 0.25) is 0 Å². The minimum Gasteiger partial charge on any atom is -0.454 e. The van der Waals surface area contributed by atoms with Crippen LogP contribution in [0.1, 0.15) is 5.56 Å². The first-order valence-corrected chi connectivity index (χ1v) is 9.67. The standard InChI is InChI=1S/C17H16F2N2O5S/c1-27(23,24)21(12-3-4-13(18)14(19)7-12)9-17(22)20-8-11-2-5-15-16(6-11)26-10-25-15/h2-7H,8-10H2,1H3,(H,20,22). The molecule has 10 heteroatoms. The fourth-order valence-electron chi connectivity index (χ4n) is 2.48. The van der Waals surface area contributed by atoms with Crippen LogP contribution in [0.5, 0.6) is 11.5 Å². The van der Waals surface area contributed by atoms with E-state index in [0.717, 1.165) is 30.0 Å².